The Kier molecular flexibility index (Phi) is 10.6. The van der Waals surface area contributed by atoms with Gasteiger partial charge in [0, 0.05) is 54.6 Å². The zero-order valence-electron chi connectivity index (χ0n) is 21.1. The number of benzene rings is 2. The summed E-state index contributed by atoms with van der Waals surface area (Å²) in [7, 11) is 0. The number of ether oxygens (including phenoxy) is 1. The van der Waals surface area contributed by atoms with Crippen molar-refractivity contribution in [3.8, 4) is 0 Å². The minimum Gasteiger partial charge on any atom is -0.503 e. The number of halogens is 1. The molecule has 6 nitrogen and oxygen atoms in total. The number of allylic oxidation sites excluding steroid dienone is 1. The summed E-state index contributed by atoms with van der Waals surface area (Å²) in [5.74, 6) is -0.828. The van der Waals surface area contributed by atoms with Crippen LogP contribution < -0.4 is 10.6 Å². The second-order valence-corrected chi connectivity index (χ2v) is 10.5. The molecule has 1 atom stereocenters. The van der Waals surface area contributed by atoms with Crippen LogP contribution in [0.15, 0.2) is 81.9 Å². The number of rotatable bonds is 11. The normalized spacial score (nSPS) is 20.6. The Morgan fingerprint density at radius 1 is 1.05 bits per heavy atom. The fourth-order valence-electron chi connectivity index (χ4n) is 4.64. The molecule has 2 aliphatic rings. The number of hydrogen-bond donors (Lipinski definition) is 3. The lowest BCUT2D eigenvalue weighted by atomic mass is 9.87. The number of aliphatic hydroxyl groups is 1. The van der Waals surface area contributed by atoms with Crippen molar-refractivity contribution in [3.05, 3.63) is 83.3 Å². The second kappa shape index (κ2) is 14.3. The minimum absolute atomic E-state index is 0.110. The zero-order valence-corrected chi connectivity index (χ0v) is 21.9. The number of carbonyl (C=O) groups excluding carboxylic acids is 1. The van der Waals surface area contributed by atoms with E-state index in [4.69, 9.17) is 4.74 Å². The van der Waals surface area contributed by atoms with Crippen molar-refractivity contribution in [2.45, 2.75) is 35.6 Å². The van der Waals surface area contributed by atoms with Crippen LogP contribution in [0.1, 0.15) is 24.0 Å². The van der Waals surface area contributed by atoms with Crippen LogP contribution in [0.4, 0.5) is 4.39 Å². The summed E-state index contributed by atoms with van der Waals surface area (Å²) in [4.78, 5) is 17.0. The minimum atomic E-state index is -0.496. The maximum atomic E-state index is 12.7. The molecule has 2 aliphatic heterocycles. The van der Waals surface area contributed by atoms with E-state index in [1.54, 1.807) is 18.0 Å². The van der Waals surface area contributed by atoms with Crippen LogP contribution in [0.2, 0.25) is 0 Å². The topological polar surface area (TPSA) is 73.8 Å². The standard InChI is InChI=1S/C29H36FN3O3S/c30-12-14-31-20-24(27-3-1-2-13-32-29(35)28(27)34)19-22-4-8-25(9-5-22)37-26-10-6-23(7-11-26)21-33-15-17-36-18-16-33/h2,4-11,13,24,31,34H,1,3,12,14-21H2,(H,32,35)/b13-2-,28-27-. The molecular weight excluding hydrogens is 489 g/mol. The van der Waals surface area contributed by atoms with Crippen LogP contribution in [0.5, 0.6) is 0 Å². The number of nitrogens with one attached hydrogen (secondary N) is 2. The highest BCUT2D eigenvalue weighted by molar-refractivity contribution is 7.99. The van der Waals surface area contributed by atoms with Gasteiger partial charge < -0.3 is 20.5 Å². The molecule has 198 valence electrons. The fraction of sp³-hybridized carbons (Fsp3) is 0.414. The molecule has 0 saturated carbocycles. The van der Waals surface area contributed by atoms with Gasteiger partial charge in [-0.3, -0.25) is 9.69 Å². The molecule has 0 spiro atoms. The lowest BCUT2D eigenvalue weighted by Crippen LogP contribution is -2.35. The van der Waals surface area contributed by atoms with E-state index >= 15 is 0 Å². The molecule has 37 heavy (non-hydrogen) atoms. The molecule has 0 aliphatic carbocycles. The van der Waals surface area contributed by atoms with Crippen molar-refractivity contribution < 1.29 is 19.0 Å². The molecular formula is C29H36FN3O3S. The number of hydrogen-bond acceptors (Lipinski definition) is 6. The molecule has 3 N–H and O–H groups in total. The Balaban J connectivity index is 1.38. The van der Waals surface area contributed by atoms with Crippen molar-refractivity contribution in [2.24, 2.45) is 5.92 Å². The predicted octanol–water partition coefficient (Wildman–Crippen LogP) is 4.62. The maximum absolute atomic E-state index is 12.7. The van der Waals surface area contributed by atoms with Crippen molar-refractivity contribution in [1.29, 1.82) is 0 Å². The molecule has 1 saturated heterocycles. The average molecular weight is 526 g/mol. The van der Waals surface area contributed by atoms with Gasteiger partial charge in [-0.25, -0.2) is 4.39 Å². The lowest BCUT2D eigenvalue weighted by molar-refractivity contribution is -0.119. The average Bonchev–Trinajstić information content (AvgIpc) is 2.92. The first-order valence-corrected chi connectivity index (χ1v) is 13.7. The molecule has 0 radical (unpaired) electrons. The third kappa shape index (κ3) is 8.43. The largest absolute Gasteiger partial charge is 0.503 e. The van der Waals surface area contributed by atoms with E-state index in [0.717, 1.165) is 49.7 Å². The van der Waals surface area contributed by atoms with Gasteiger partial charge in [-0.05, 0) is 60.2 Å². The summed E-state index contributed by atoms with van der Waals surface area (Å²) in [6.45, 7) is 4.82. The number of morpholine rings is 1. The highest BCUT2D eigenvalue weighted by Gasteiger charge is 2.23. The zero-order chi connectivity index (χ0) is 25.9. The smallest absolute Gasteiger partial charge is 0.289 e. The number of aliphatic hydroxyl groups excluding tert-OH is 1. The quantitative estimate of drug-likeness (QED) is 0.372. The first-order chi connectivity index (χ1) is 18.1. The Labute approximate surface area is 223 Å². The third-order valence-electron chi connectivity index (χ3n) is 6.66. The molecule has 2 aromatic rings. The Morgan fingerprint density at radius 3 is 2.41 bits per heavy atom. The lowest BCUT2D eigenvalue weighted by Gasteiger charge is -2.26. The van der Waals surface area contributed by atoms with Gasteiger partial charge in [0.25, 0.3) is 5.91 Å². The van der Waals surface area contributed by atoms with Gasteiger partial charge in [-0.2, -0.15) is 0 Å². The molecule has 1 fully saturated rings. The van der Waals surface area contributed by atoms with Crippen LogP contribution in [0.25, 0.3) is 0 Å². The van der Waals surface area contributed by atoms with E-state index < -0.39 is 12.6 Å². The molecule has 1 unspecified atom stereocenters. The van der Waals surface area contributed by atoms with Crippen molar-refractivity contribution >= 4 is 17.7 Å². The Bertz CT molecular complexity index is 1070. The van der Waals surface area contributed by atoms with E-state index in [1.165, 1.54) is 10.5 Å². The van der Waals surface area contributed by atoms with Crippen molar-refractivity contribution in [3.63, 3.8) is 0 Å². The van der Waals surface area contributed by atoms with Gasteiger partial charge in [-0.15, -0.1) is 0 Å². The first-order valence-electron chi connectivity index (χ1n) is 12.9. The molecule has 1 amide bonds. The van der Waals surface area contributed by atoms with Crippen molar-refractivity contribution in [1.82, 2.24) is 15.5 Å². The van der Waals surface area contributed by atoms with E-state index in [9.17, 15) is 14.3 Å². The highest BCUT2D eigenvalue weighted by atomic mass is 32.2. The summed E-state index contributed by atoms with van der Waals surface area (Å²) >= 11 is 1.72. The summed E-state index contributed by atoms with van der Waals surface area (Å²) in [5.41, 5.74) is 3.13. The van der Waals surface area contributed by atoms with Gasteiger partial charge >= 0.3 is 0 Å². The number of nitrogens with zero attached hydrogens (tertiary/aromatic N) is 1. The summed E-state index contributed by atoms with van der Waals surface area (Å²) in [6.07, 6.45) is 5.42. The molecule has 0 bridgehead atoms. The van der Waals surface area contributed by atoms with E-state index in [0.29, 0.717) is 25.0 Å². The highest BCUT2D eigenvalue weighted by Crippen LogP contribution is 2.30. The third-order valence-corrected chi connectivity index (χ3v) is 7.68. The molecule has 4 rings (SSSR count). The SMILES string of the molecule is O=C1N/C=C\CC/C(C(CNCCF)Cc2ccc(Sc3ccc(CN4CCOCC4)cc3)cc2)=C\1O. The first kappa shape index (κ1) is 27.4. The van der Waals surface area contributed by atoms with Crippen LogP contribution in [-0.4, -0.2) is 62.0 Å². The molecule has 0 aromatic heterocycles. The van der Waals surface area contributed by atoms with E-state index in [2.05, 4.69) is 64.1 Å². The molecule has 2 aromatic carbocycles. The van der Waals surface area contributed by atoms with Crippen LogP contribution in [0.3, 0.4) is 0 Å². The molecule has 2 heterocycles. The van der Waals surface area contributed by atoms with Gasteiger partial charge in [0.2, 0.25) is 0 Å². The number of amides is 1. The Hall–Kier alpha value is -2.65. The number of carbonyl (C=O) groups is 1. The maximum Gasteiger partial charge on any atom is 0.289 e. The monoisotopic (exact) mass is 525 g/mol. The van der Waals surface area contributed by atoms with Gasteiger partial charge in [0.05, 0.1) is 13.2 Å². The van der Waals surface area contributed by atoms with Crippen LogP contribution in [-0.2, 0) is 22.5 Å². The molecule has 8 heteroatoms. The van der Waals surface area contributed by atoms with E-state index in [-0.39, 0.29) is 18.2 Å². The van der Waals surface area contributed by atoms with Gasteiger partial charge in [-0.1, -0.05) is 42.1 Å². The second-order valence-electron chi connectivity index (χ2n) is 9.36. The van der Waals surface area contributed by atoms with Crippen LogP contribution >= 0.6 is 11.8 Å². The van der Waals surface area contributed by atoms with Crippen LogP contribution in [0, 0.1) is 5.92 Å². The van der Waals surface area contributed by atoms with Crippen molar-refractivity contribution in [2.75, 3.05) is 46.1 Å². The van der Waals surface area contributed by atoms with Gasteiger partial charge in [0.1, 0.15) is 6.67 Å². The Morgan fingerprint density at radius 2 is 1.73 bits per heavy atom. The van der Waals surface area contributed by atoms with E-state index in [1.807, 2.05) is 6.08 Å². The number of alkyl halides is 1. The summed E-state index contributed by atoms with van der Waals surface area (Å²) in [6, 6.07) is 17.1. The summed E-state index contributed by atoms with van der Waals surface area (Å²) < 4.78 is 18.1. The fourth-order valence-corrected chi connectivity index (χ4v) is 5.46. The van der Waals surface area contributed by atoms with Gasteiger partial charge in [0.15, 0.2) is 5.76 Å². The predicted molar refractivity (Wildman–Crippen MR) is 145 cm³/mol. The summed E-state index contributed by atoms with van der Waals surface area (Å²) in [5, 5.41) is 16.3.